The number of nitrogens with one attached hydrogen (secondary N) is 1. The van der Waals surface area contributed by atoms with Gasteiger partial charge in [-0.05, 0) is 41.8 Å². The fraction of sp³-hybridized carbons (Fsp3) is 0.156. The van der Waals surface area contributed by atoms with Gasteiger partial charge in [0, 0.05) is 24.4 Å². The van der Waals surface area contributed by atoms with E-state index in [0.717, 1.165) is 11.1 Å². The second-order valence-corrected chi connectivity index (χ2v) is 9.64. The standard InChI is InChI=1S/C32H29N5O4/c1-2-29(30-34-28-16-10-9-15-27(28)31(38)36(30)22-24-13-7-4-8-14-24)35(21-23-11-5-3-6-12-23)32(39)33-25-17-19-26(20-18-25)37(40)41/h3-20,29H,2,21-22H2,1H3,(H,33,39). The largest absolute Gasteiger partial charge is 0.322 e. The van der Waals surface area contributed by atoms with Gasteiger partial charge in [-0.25, -0.2) is 9.78 Å². The Hall–Kier alpha value is -5.31. The summed E-state index contributed by atoms with van der Waals surface area (Å²) in [5, 5.41) is 14.5. The number of amides is 2. The summed E-state index contributed by atoms with van der Waals surface area (Å²) in [7, 11) is 0. The van der Waals surface area contributed by atoms with Crippen LogP contribution in [0, 0.1) is 10.1 Å². The second-order valence-electron chi connectivity index (χ2n) is 9.64. The Morgan fingerprint density at radius 1 is 0.902 bits per heavy atom. The van der Waals surface area contributed by atoms with Crippen LogP contribution < -0.4 is 10.9 Å². The third-order valence-corrected chi connectivity index (χ3v) is 6.92. The van der Waals surface area contributed by atoms with E-state index < -0.39 is 17.0 Å². The lowest BCUT2D eigenvalue weighted by atomic mass is 10.1. The average molecular weight is 548 g/mol. The number of non-ortho nitro benzene ring substituents is 1. The Morgan fingerprint density at radius 3 is 2.15 bits per heavy atom. The number of rotatable bonds is 9. The number of fused-ring (bicyclic) bond motifs is 1. The second kappa shape index (κ2) is 12.3. The lowest BCUT2D eigenvalue weighted by Gasteiger charge is -2.32. The zero-order valence-electron chi connectivity index (χ0n) is 22.5. The molecule has 0 spiro atoms. The van der Waals surface area contributed by atoms with E-state index in [1.165, 1.54) is 24.3 Å². The molecule has 1 heterocycles. The van der Waals surface area contributed by atoms with Crippen LogP contribution in [0.4, 0.5) is 16.2 Å². The van der Waals surface area contributed by atoms with Crippen LogP contribution in [0.2, 0.25) is 0 Å². The Morgan fingerprint density at radius 2 is 1.51 bits per heavy atom. The molecule has 4 aromatic carbocycles. The fourth-order valence-corrected chi connectivity index (χ4v) is 4.87. The van der Waals surface area contributed by atoms with E-state index in [9.17, 15) is 19.7 Å². The van der Waals surface area contributed by atoms with Crippen molar-refractivity contribution in [3.63, 3.8) is 0 Å². The van der Waals surface area contributed by atoms with E-state index in [0.29, 0.717) is 35.4 Å². The summed E-state index contributed by atoms with van der Waals surface area (Å²) in [5.74, 6) is 0.481. The number of aromatic nitrogens is 2. The molecule has 1 unspecified atom stereocenters. The van der Waals surface area contributed by atoms with Gasteiger partial charge in [-0.15, -0.1) is 0 Å². The van der Waals surface area contributed by atoms with Crippen molar-refractivity contribution in [3.8, 4) is 0 Å². The predicted molar refractivity (Wildman–Crippen MR) is 159 cm³/mol. The van der Waals surface area contributed by atoms with Crippen LogP contribution >= 0.6 is 0 Å². The molecule has 0 aliphatic carbocycles. The summed E-state index contributed by atoms with van der Waals surface area (Å²) >= 11 is 0. The predicted octanol–water partition coefficient (Wildman–Crippen LogP) is 6.54. The Labute approximate surface area is 236 Å². The van der Waals surface area contributed by atoms with Crippen LogP contribution in [0.1, 0.15) is 36.3 Å². The van der Waals surface area contributed by atoms with Crippen molar-refractivity contribution in [2.75, 3.05) is 5.32 Å². The summed E-state index contributed by atoms with van der Waals surface area (Å²) in [6, 6.07) is 31.2. The van der Waals surface area contributed by atoms with Crippen molar-refractivity contribution in [2.24, 2.45) is 0 Å². The molecule has 5 rings (SSSR count). The Balaban J connectivity index is 1.60. The number of para-hydroxylation sites is 1. The molecular formula is C32H29N5O4. The third kappa shape index (κ3) is 6.14. The Kier molecular flexibility index (Phi) is 8.15. The van der Waals surface area contributed by atoms with Crippen molar-refractivity contribution in [2.45, 2.75) is 32.5 Å². The first-order chi connectivity index (χ1) is 19.9. The highest BCUT2D eigenvalue weighted by atomic mass is 16.6. The molecule has 0 bridgehead atoms. The summed E-state index contributed by atoms with van der Waals surface area (Å²) in [5.41, 5.74) is 2.58. The van der Waals surface area contributed by atoms with Gasteiger partial charge in [-0.3, -0.25) is 19.5 Å². The molecule has 0 saturated carbocycles. The van der Waals surface area contributed by atoms with Crippen molar-refractivity contribution < 1.29 is 9.72 Å². The number of benzene rings is 4. The van der Waals surface area contributed by atoms with E-state index in [1.807, 2.05) is 79.7 Å². The van der Waals surface area contributed by atoms with E-state index >= 15 is 0 Å². The van der Waals surface area contributed by atoms with Crippen LogP contribution in [0.3, 0.4) is 0 Å². The highest BCUT2D eigenvalue weighted by Gasteiger charge is 2.29. The summed E-state index contributed by atoms with van der Waals surface area (Å²) in [6.07, 6.45) is 0.486. The van der Waals surface area contributed by atoms with Gasteiger partial charge in [-0.1, -0.05) is 79.7 Å². The lowest BCUT2D eigenvalue weighted by Crippen LogP contribution is -2.40. The molecule has 2 amide bonds. The molecule has 1 N–H and O–H groups in total. The molecule has 0 aliphatic rings. The zero-order chi connectivity index (χ0) is 28.8. The number of nitro groups is 1. The summed E-state index contributed by atoms with van der Waals surface area (Å²) in [4.78, 5) is 45.0. The van der Waals surface area contributed by atoms with Crippen LogP contribution in [0.15, 0.2) is 114 Å². The number of urea groups is 1. The van der Waals surface area contributed by atoms with Crippen molar-refractivity contribution >= 4 is 28.3 Å². The van der Waals surface area contributed by atoms with Gasteiger partial charge in [-0.2, -0.15) is 0 Å². The van der Waals surface area contributed by atoms with Gasteiger partial charge in [0.25, 0.3) is 11.2 Å². The van der Waals surface area contributed by atoms with E-state index in [1.54, 1.807) is 21.6 Å². The molecule has 9 heteroatoms. The fourth-order valence-electron chi connectivity index (χ4n) is 4.87. The Bertz CT molecular complexity index is 1720. The van der Waals surface area contributed by atoms with E-state index in [4.69, 9.17) is 4.98 Å². The molecule has 0 radical (unpaired) electrons. The first-order valence-corrected chi connectivity index (χ1v) is 13.3. The molecule has 0 fully saturated rings. The number of nitrogens with zero attached hydrogens (tertiary/aromatic N) is 4. The lowest BCUT2D eigenvalue weighted by molar-refractivity contribution is -0.384. The maximum atomic E-state index is 13.9. The van der Waals surface area contributed by atoms with Gasteiger partial charge in [0.05, 0.1) is 28.4 Å². The maximum absolute atomic E-state index is 13.9. The molecule has 206 valence electrons. The van der Waals surface area contributed by atoms with Crippen molar-refractivity contribution in [1.29, 1.82) is 0 Å². The number of nitro benzene ring substituents is 1. The first kappa shape index (κ1) is 27.3. The molecule has 41 heavy (non-hydrogen) atoms. The quantitative estimate of drug-likeness (QED) is 0.166. The van der Waals surface area contributed by atoms with Gasteiger partial charge in [0.15, 0.2) is 0 Å². The van der Waals surface area contributed by atoms with Gasteiger partial charge in [0.1, 0.15) is 5.82 Å². The molecule has 5 aromatic rings. The highest BCUT2D eigenvalue weighted by Crippen LogP contribution is 2.28. The highest BCUT2D eigenvalue weighted by molar-refractivity contribution is 5.89. The number of carbonyl (C=O) groups excluding carboxylic acids is 1. The maximum Gasteiger partial charge on any atom is 0.322 e. The van der Waals surface area contributed by atoms with Crippen molar-refractivity contribution in [1.82, 2.24) is 14.5 Å². The normalized spacial score (nSPS) is 11.6. The van der Waals surface area contributed by atoms with Gasteiger partial charge in [0.2, 0.25) is 0 Å². The zero-order valence-corrected chi connectivity index (χ0v) is 22.5. The third-order valence-electron chi connectivity index (χ3n) is 6.92. The monoisotopic (exact) mass is 547 g/mol. The number of hydrogen-bond acceptors (Lipinski definition) is 5. The number of hydrogen-bond donors (Lipinski definition) is 1. The number of carbonyl (C=O) groups is 1. The van der Waals surface area contributed by atoms with Crippen LogP contribution in [-0.4, -0.2) is 25.4 Å². The topological polar surface area (TPSA) is 110 Å². The van der Waals surface area contributed by atoms with E-state index in [-0.39, 0.29) is 17.8 Å². The average Bonchev–Trinajstić information content (AvgIpc) is 3.00. The molecule has 0 aliphatic heterocycles. The molecule has 0 saturated heterocycles. The first-order valence-electron chi connectivity index (χ1n) is 13.3. The minimum Gasteiger partial charge on any atom is -0.310 e. The minimum atomic E-state index is -0.561. The van der Waals surface area contributed by atoms with Crippen LogP contribution in [0.25, 0.3) is 10.9 Å². The van der Waals surface area contributed by atoms with Gasteiger partial charge < -0.3 is 10.2 Å². The summed E-state index contributed by atoms with van der Waals surface area (Å²) < 4.78 is 1.66. The molecule has 1 aromatic heterocycles. The van der Waals surface area contributed by atoms with Crippen molar-refractivity contribution in [3.05, 3.63) is 147 Å². The number of anilines is 1. The smallest absolute Gasteiger partial charge is 0.310 e. The van der Waals surface area contributed by atoms with Crippen LogP contribution in [0.5, 0.6) is 0 Å². The van der Waals surface area contributed by atoms with Gasteiger partial charge >= 0.3 is 6.03 Å². The molecule has 9 nitrogen and oxygen atoms in total. The van der Waals surface area contributed by atoms with Crippen LogP contribution in [-0.2, 0) is 13.1 Å². The molecular weight excluding hydrogens is 518 g/mol. The molecule has 1 atom stereocenters. The summed E-state index contributed by atoms with van der Waals surface area (Å²) in [6.45, 7) is 2.51. The van der Waals surface area contributed by atoms with E-state index in [2.05, 4.69) is 5.32 Å². The minimum absolute atomic E-state index is 0.0686. The SMILES string of the molecule is CCC(c1nc2ccccc2c(=O)n1Cc1ccccc1)N(Cc1ccccc1)C(=O)Nc1ccc([N+](=O)[O-])cc1.